The van der Waals surface area contributed by atoms with E-state index in [-0.39, 0.29) is 30.4 Å². The number of phenolic OH excluding ortho intramolecular Hbond substituents is 1. The second kappa shape index (κ2) is 45.8. The molecule has 0 amide bonds. The van der Waals surface area contributed by atoms with Crippen molar-refractivity contribution < 1.29 is 39.5 Å². The molecule has 0 aliphatic heterocycles. The summed E-state index contributed by atoms with van der Waals surface area (Å²) in [6.07, 6.45) is 11.2. The number of carboxylic acid groups (broad SMARTS) is 2. The Hall–Kier alpha value is -5.74. The third kappa shape index (κ3) is 47.3. The first-order chi connectivity index (χ1) is 34.7. The summed E-state index contributed by atoms with van der Waals surface area (Å²) in [6.45, 7) is 34.4. The number of phenols is 1. The maximum absolute atomic E-state index is 11.2. The molecule has 0 atom stereocenters. The van der Waals surface area contributed by atoms with Gasteiger partial charge in [-0.05, 0) is 133 Å². The van der Waals surface area contributed by atoms with Gasteiger partial charge in [0.15, 0.2) is 0 Å². The number of aliphatic carboxylic acids is 2. The van der Waals surface area contributed by atoms with Gasteiger partial charge >= 0.3 is 5.97 Å². The van der Waals surface area contributed by atoms with Crippen molar-refractivity contribution in [2.75, 3.05) is 20.8 Å². The number of hydrogen-bond donors (Lipinski definition) is 2. The Balaban J connectivity index is -0.000000785. The number of aromatic nitrogens is 2. The largest absolute Gasteiger partial charge is 0.872 e. The van der Waals surface area contributed by atoms with Gasteiger partial charge in [-0.3, -0.25) is 14.8 Å². The number of para-hydroxylation sites is 3. The number of methoxy groups -OCH3 is 2. The number of aromatic hydroxyl groups is 1. The maximum Gasteiger partial charge on any atom is 0.303 e. The van der Waals surface area contributed by atoms with E-state index >= 15 is 0 Å². The molecule has 0 saturated carbocycles. The smallest absolute Gasteiger partial charge is 0.303 e. The average Bonchev–Trinajstić information content (AvgIpc) is 3.30. The van der Waals surface area contributed by atoms with Gasteiger partial charge in [-0.25, -0.2) is 0 Å². The van der Waals surface area contributed by atoms with Crippen LogP contribution in [-0.4, -0.2) is 52.9 Å². The van der Waals surface area contributed by atoms with Crippen molar-refractivity contribution in [3.63, 3.8) is 0 Å². The lowest BCUT2D eigenvalue weighted by Crippen LogP contribution is -2.23. The SMILES string of the molecule is CC(C)CC(=O)O.CC(C)CC(=O)[O-].CC(C)Cc1ccccc1O.CC(C)Cc1ccccc1[O-].CC(C)Cc1ccccn1.CC(C)c1cccnc1.COCCC(C)C.COc1ccccc1CC(C)C. The predicted octanol–water partition coefficient (Wildman–Crippen LogP) is 14.5. The Morgan fingerprint density at radius 3 is 1.38 bits per heavy atom. The van der Waals surface area contributed by atoms with Crippen LogP contribution in [0.1, 0.15) is 164 Å². The van der Waals surface area contributed by atoms with Gasteiger partial charge in [0.25, 0.3) is 0 Å². The summed E-state index contributed by atoms with van der Waals surface area (Å²) in [5.74, 6) is 4.32. The second-order valence-electron chi connectivity index (χ2n) is 21.3. The highest BCUT2D eigenvalue weighted by Crippen LogP contribution is 2.21. The molecule has 10 nitrogen and oxygen atoms in total. The summed E-state index contributed by atoms with van der Waals surface area (Å²) in [5, 5.41) is 38.3. The van der Waals surface area contributed by atoms with Gasteiger partial charge in [0, 0.05) is 50.4 Å². The Labute approximate surface area is 450 Å². The molecule has 0 radical (unpaired) electrons. The molecule has 5 aromatic rings. The minimum atomic E-state index is -0.963. The van der Waals surface area contributed by atoms with Gasteiger partial charge in [0.1, 0.15) is 11.5 Å². The highest BCUT2D eigenvalue weighted by molar-refractivity contribution is 5.66. The van der Waals surface area contributed by atoms with Gasteiger partial charge in [-0.1, -0.05) is 189 Å². The molecule has 10 heteroatoms. The van der Waals surface area contributed by atoms with E-state index in [1.807, 2.05) is 101 Å². The van der Waals surface area contributed by atoms with E-state index in [0.717, 1.165) is 55.1 Å². The number of pyridine rings is 2. The second-order valence-corrected chi connectivity index (χ2v) is 21.3. The minimum Gasteiger partial charge on any atom is -0.872 e. The molecule has 5 rings (SSSR count). The van der Waals surface area contributed by atoms with Crippen molar-refractivity contribution in [2.24, 2.45) is 41.4 Å². The van der Waals surface area contributed by atoms with Crippen LogP contribution < -0.4 is 14.9 Å². The zero-order valence-corrected chi connectivity index (χ0v) is 49.1. The molecule has 416 valence electrons. The van der Waals surface area contributed by atoms with Gasteiger partial charge in [-0.2, -0.15) is 0 Å². The molecular weight excluding hydrogens is 925 g/mol. The van der Waals surface area contributed by atoms with E-state index < -0.39 is 11.9 Å². The Kier molecular flexibility index (Phi) is 44.9. The molecule has 2 N–H and O–H groups in total. The quantitative estimate of drug-likeness (QED) is 0.0916. The van der Waals surface area contributed by atoms with E-state index in [1.54, 1.807) is 38.6 Å². The molecule has 0 saturated heterocycles. The molecule has 0 aliphatic carbocycles. The van der Waals surface area contributed by atoms with E-state index in [0.29, 0.717) is 35.3 Å². The summed E-state index contributed by atoms with van der Waals surface area (Å²) >= 11 is 0. The number of carbonyl (C=O) groups is 2. The molecule has 3 aromatic carbocycles. The topological polar surface area (TPSA) is 165 Å². The summed E-state index contributed by atoms with van der Waals surface area (Å²) in [7, 11) is 3.46. The van der Waals surface area contributed by atoms with Crippen LogP contribution in [0.2, 0.25) is 0 Å². The summed E-state index contributed by atoms with van der Waals surface area (Å²) in [4.78, 5) is 27.7. The highest BCUT2D eigenvalue weighted by Gasteiger charge is 2.04. The van der Waals surface area contributed by atoms with Crippen molar-refractivity contribution in [2.45, 2.75) is 162 Å². The lowest BCUT2D eigenvalue weighted by Gasteiger charge is -2.13. The van der Waals surface area contributed by atoms with Crippen LogP contribution >= 0.6 is 0 Å². The number of carbonyl (C=O) groups excluding carboxylic acids is 1. The standard InChI is InChI=1S/C11H16O.2C10H14O.C9H13N.C8H11N.C6H14O.2C5H10O2/c1-9(2)8-10-6-4-5-7-11(10)12-3;2*1-8(2)7-9-5-3-4-6-10(9)11;1-8(2)7-9-5-3-4-6-10-9;1-7(2)8-4-3-5-9-6-8;1-6(2)4-5-7-3;2*1-4(2)3-5(6)7/h4-7,9H,8H2,1-3H3;2*3-6,8,11H,7H2,1-2H3;3-6,8H,7H2,1-2H3;3-7H,1-2H3;6H,4-5H2,1-3H3;2*4H,3H2,1-2H3,(H,6,7)/p-2. The predicted molar refractivity (Wildman–Crippen MR) is 307 cm³/mol. The molecular formula is C64H100N2O8-2. The zero-order chi connectivity index (χ0) is 57.0. The third-order valence-corrected chi connectivity index (χ3v) is 9.79. The molecule has 0 spiro atoms. The van der Waals surface area contributed by atoms with Crippen LogP contribution in [0.3, 0.4) is 0 Å². The molecule has 2 heterocycles. The normalized spacial score (nSPS) is 10.2. The monoisotopic (exact) mass is 1020 g/mol. The maximum atomic E-state index is 11.2. The van der Waals surface area contributed by atoms with Crippen LogP contribution in [0.15, 0.2) is 122 Å². The van der Waals surface area contributed by atoms with E-state index in [4.69, 9.17) is 14.6 Å². The first kappa shape index (κ1) is 72.5. The van der Waals surface area contributed by atoms with Crippen LogP contribution in [0, 0.1) is 41.4 Å². The zero-order valence-electron chi connectivity index (χ0n) is 49.1. The fourth-order valence-electron chi connectivity index (χ4n) is 6.24. The molecule has 2 aromatic heterocycles. The van der Waals surface area contributed by atoms with Crippen LogP contribution in [0.4, 0.5) is 0 Å². The van der Waals surface area contributed by atoms with Gasteiger partial charge in [0.2, 0.25) is 0 Å². The van der Waals surface area contributed by atoms with E-state index in [1.165, 1.54) is 23.2 Å². The Morgan fingerprint density at radius 1 is 0.541 bits per heavy atom. The van der Waals surface area contributed by atoms with E-state index in [2.05, 4.69) is 117 Å². The lowest BCUT2D eigenvalue weighted by atomic mass is 10.0. The molecule has 0 bridgehead atoms. The van der Waals surface area contributed by atoms with Crippen LogP contribution in [0.25, 0.3) is 0 Å². The fourth-order valence-corrected chi connectivity index (χ4v) is 6.24. The molecule has 74 heavy (non-hydrogen) atoms. The van der Waals surface area contributed by atoms with E-state index in [9.17, 15) is 24.9 Å². The van der Waals surface area contributed by atoms with Crippen molar-refractivity contribution in [3.8, 4) is 17.2 Å². The Morgan fingerprint density at radius 2 is 1.03 bits per heavy atom. The van der Waals surface area contributed by atoms with Gasteiger partial charge < -0.3 is 34.7 Å². The molecule has 0 fully saturated rings. The fraction of sp³-hybridized carbons (Fsp3) is 0.531. The molecule has 0 unspecified atom stereocenters. The van der Waals surface area contributed by atoms with Gasteiger partial charge in [-0.15, -0.1) is 5.75 Å². The number of ether oxygens (including phenoxy) is 2. The van der Waals surface area contributed by atoms with Gasteiger partial charge in [0.05, 0.1) is 7.11 Å². The minimum absolute atomic E-state index is 0.167. The van der Waals surface area contributed by atoms with Crippen molar-refractivity contribution in [1.29, 1.82) is 0 Å². The number of nitrogens with zero attached hydrogens (tertiary/aromatic N) is 2. The number of rotatable bonds is 17. The highest BCUT2D eigenvalue weighted by atomic mass is 16.5. The average molecular weight is 1030 g/mol. The number of benzene rings is 3. The van der Waals surface area contributed by atoms with Crippen molar-refractivity contribution >= 4 is 11.9 Å². The molecule has 0 aliphatic rings. The van der Waals surface area contributed by atoms with Crippen LogP contribution in [-0.2, 0) is 40.0 Å². The van der Waals surface area contributed by atoms with Crippen molar-refractivity contribution in [3.05, 3.63) is 150 Å². The number of carboxylic acids is 2. The Bertz CT molecular complexity index is 2000. The van der Waals surface area contributed by atoms with Crippen LogP contribution in [0.5, 0.6) is 17.2 Å². The summed E-state index contributed by atoms with van der Waals surface area (Å²) in [5.41, 5.74) is 5.77. The van der Waals surface area contributed by atoms with Crippen molar-refractivity contribution in [1.82, 2.24) is 9.97 Å². The summed E-state index contributed by atoms with van der Waals surface area (Å²) < 4.78 is 10.1. The first-order valence-electron chi connectivity index (χ1n) is 26.6. The third-order valence-electron chi connectivity index (χ3n) is 9.79. The first-order valence-corrected chi connectivity index (χ1v) is 26.6. The number of hydrogen-bond acceptors (Lipinski definition) is 9. The summed E-state index contributed by atoms with van der Waals surface area (Å²) in [6, 6.07) is 33.0. The lowest BCUT2D eigenvalue weighted by molar-refractivity contribution is -0.306.